The maximum absolute atomic E-state index is 14.7. The molecule has 0 bridgehead atoms. The average Bonchev–Trinajstić information content (AvgIpc) is 3.30. The number of H-pyrrole nitrogens is 1. The number of carbonyl (C=O) groups excluding carboxylic acids is 2. The Hall–Kier alpha value is -3.55. The second-order valence-corrected chi connectivity index (χ2v) is 7.96. The Bertz CT molecular complexity index is 1130. The number of ether oxygens (including phenoxy) is 2. The van der Waals surface area contributed by atoms with E-state index in [0.717, 1.165) is 5.69 Å². The van der Waals surface area contributed by atoms with Crippen LogP contribution in [0.4, 0.5) is 14.9 Å². The number of rotatable bonds is 5. The number of hydrogen-bond acceptors (Lipinski definition) is 4. The van der Waals surface area contributed by atoms with Gasteiger partial charge in [0.2, 0.25) is 0 Å². The maximum Gasteiger partial charge on any atom is 0.407 e. The van der Waals surface area contributed by atoms with Crippen molar-refractivity contribution in [2.45, 2.75) is 26.4 Å². The highest BCUT2D eigenvalue weighted by molar-refractivity contribution is 6.28. The zero-order valence-electron chi connectivity index (χ0n) is 16.9. The number of alkyl carbamates (subject to hydrolysis) is 1. The fourth-order valence-electron chi connectivity index (χ4n) is 3.47. The van der Waals surface area contributed by atoms with Crippen LogP contribution in [0.25, 0.3) is 22.0 Å². The largest absolute Gasteiger partial charge is 0.491 e. The predicted molar refractivity (Wildman–Crippen MR) is 111 cm³/mol. The van der Waals surface area contributed by atoms with Gasteiger partial charge in [-0.25, -0.2) is 9.18 Å². The molecule has 1 aromatic heterocycles. The Morgan fingerprint density at radius 3 is 2.70 bits per heavy atom. The summed E-state index contributed by atoms with van der Waals surface area (Å²) in [6.45, 7) is 5.60. The number of benzene rings is 2. The Morgan fingerprint density at radius 2 is 2.00 bits per heavy atom. The van der Waals surface area contributed by atoms with E-state index in [1.807, 2.05) is 12.1 Å². The molecule has 2 aromatic carbocycles. The minimum atomic E-state index is -0.601. The SMILES string of the molecule is CC(C)(C)OC(=O)NCCOc1cc(-c2ccc[nH]2)c2c3c(ccc(F)c13)NC2=O. The minimum absolute atomic E-state index is 0.100. The lowest BCUT2D eigenvalue weighted by Gasteiger charge is -2.20. The summed E-state index contributed by atoms with van der Waals surface area (Å²) in [6, 6.07) is 8.13. The molecule has 8 heteroatoms. The first-order valence-corrected chi connectivity index (χ1v) is 9.58. The van der Waals surface area contributed by atoms with Crippen LogP contribution in [0.1, 0.15) is 31.1 Å². The molecule has 0 aliphatic carbocycles. The highest BCUT2D eigenvalue weighted by Gasteiger charge is 2.29. The average molecular weight is 411 g/mol. The van der Waals surface area contributed by atoms with Crippen molar-refractivity contribution in [3.05, 3.63) is 47.9 Å². The van der Waals surface area contributed by atoms with Crippen LogP contribution >= 0.6 is 0 Å². The molecule has 3 aromatic rings. The smallest absolute Gasteiger partial charge is 0.407 e. The number of aromatic amines is 1. The van der Waals surface area contributed by atoms with Gasteiger partial charge in [-0.05, 0) is 51.1 Å². The lowest BCUT2D eigenvalue weighted by Crippen LogP contribution is -2.34. The minimum Gasteiger partial charge on any atom is -0.491 e. The van der Waals surface area contributed by atoms with Crippen molar-refractivity contribution >= 4 is 28.5 Å². The van der Waals surface area contributed by atoms with Crippen LogP contribution in [0.5, 0.6) is 5.75 Å². The number of amides is 2. The maximum atomic E-state index is 14.7. The molecule has 1 aliphatic heterocycles. The molecule has 0 fully saturated rings. The van der Waals surface area contributed by atoms with E-state index < -0.39 is 17.5 Å². The number of nitrogens with one attached hydrogen (secondary N) is 3. The lowest BCUT2D eigenvalue weighted by molar-refractivity contribution is 0.0520. The predicted octanol–water partition coefficient (Wildman–Crippen LogP) is 4.44. The molecule has 2 heterocycles. The molecule has 30 heavy (non-hydrogen) atoms. The normalized spacial score (nSPS) is 12.7. The van der Waals surface area contributed by atoms with Gasteiger partial charge in [-0.15, -0.1) is 0 Å². The molecule has 0 radical (unpaired) electrons. The monoisotopic (exact) mass is 411 g/mol. The molecule has 0 unspecified atom stereocenters. The van der Waals surface area contributed by atoms with Gasteiger partial charge in [0.1, 0.15) is 23.8 Å². The number of anilines is 1. The summed E-state index contributed by atoms with van der Waals surface area (Å²) in [5, 5.41) is 6.11. The molecule has 7 nitrogen and oxygen atoms in total. The van der Waals surface area contributed by atoms with Crippen molar-refractivity contribution in [2.75, 3.05) is 18.5 Å². The first-order valence-electron chi connectivity index (χ1n) is 9.58. The Morgan fingerprint density at radius 1 is 1.20 bits per heavy atom. The van der Waals surface area contributed by atoms with Crippen molar-refractivity contribution in [1.29, 1.82) is 0 Å². The summed E-state index contributed by atoms with van der Waals surface area (Å²) < 4.78 is 25.8. The van der Waals surface area contributed by atoms with Crippen molar-refractivity contribution in [2.24, 2.45) is 0 Å². The third-order valence-electron chi connectivity index (χ3n) is 4.59. The number of carbonyl (C=O) groups is 2. The zero-order valence-corrected chi connectivity index (χ0v) is 16.9. The first kappa shape index (κ1) is 19.8. The number of hydrogen-bond donors (Lipinski definition) is 3. The molecular formula is C22H22FN3O4. The van der Waals surface area contributed by atoms with E-state index in [9.17, 15) is 14.0 Å². The van der Waals surface area contributed by atoms with Crippen molar-refractivity contribution in [3.8, 4) is 17.0 Å². The fourth-order valence-corrected chi connectivity index (χ4v) is 3.47. The summed E-state index contributed by atoms with van der Waals surface area (Å²) in [5.74, 6) is -0.483. The topological polar surface area (TPSA) is 92.4 Å². The van der Waals surface area contributed by atoms with E-state index >= 15 is 0 Å². The van der Waals surface area contributed by atoms with Gasteiger partial charge in [0.15, 0.2) is 0 Å². The van der Waals surface area contributed by atoms with E-state index in [4.69, 9.17) is 9.47 Å². The second-order valence-electron chi connectivity index (χ2n) is 7.96. The highest BCUT2D eigenvalue weighted by atomic mass is 19.1. The molecule has 1 aliphatic rings. The van der Waals surface area contributed by atoms with Gasteiger partial charge in [-0.1, -0.05) is 0 Å². The van der Waals surface area contributed by atoms with Crippen LogP contribution in [0, 0.1) is 5.82 Å². The molecule has 4 rings (SSSR count). The van der Waals surface area contributed by atoms with Gasteiger partial charge in [-0.2, -0.15) is 0 Å². The summed E-state index contributed by atoms with van der Waals surface area (Å²) in [5.41, 5.74) is 1.68. The summed E-state index contributed by atoms with van der Waals surface area (Å²) in [4.78, 5) is 27.4. The third-order valence-corrected chi connectivity index (χ3v) is 4.59. The van der Waals surface area contributed by atoms with Gasteiger partial charge in [-0.3, -0.25) is 4.79 Å². The molecule has 2 amide bonds. The van der Waals surface area contributed by atoms with Gasteiger partial charge in [0.05, 0.1) is 23.2 Å². The first-order chi connectivity index (χ1) is 14.2. The quantitative estimate of drug-likeness (QED) is 0.541. The van der Waals surface area contributed by atoms with E-state index in [2.05, 4.69) is 15.6 Å². The van der Waals surface area contributed by atoms with Gasteiger partial charge < -0.3 is 25.1 Å². The fraction of sp³-hybridized carbons (Fsp3) is 0.273. The van der Waals surface area contributed by atoms with E-state index in [0.29, 0.717) is 28.0 Å². The Balaban J connectivity index is 1.65. The van der Waals surface area contributed by atoms with Crippen molar-refractivity contribution < 1.29 is 23.5 Å². The van der Waals surface area contributed by atoms with Crippen LogP contribution in [-0.2, 0) is 4.74 Å². The van der Waals surface area contributed by atoms with Crippen LogP contribution in [-0.4, -0.2) is 35.7 Å². The van der Waals surface area contributed by atoms with Crippen LogP contribution in [0.2, 0.25) is 0 Å². The number of halogens is 1. The van der Waals surface area contributed by atoms with Crippen LogP contribution in [0.15, 0.2) is 36.5 Å². The highest BCUT2D eigenvalue weighted by Crippen LogP contribution is 2.44. The Kier molecular flexibility index (Phi) is 4.85. The van der Waals surface area contributed by atoms with Crippen molar-refractivity contribution in [1.82, 2.24) is 10.3 Å². The molecule has 0 atom stereocenters. The molecule has 3 N–H and O–H groups in total. The van der Waals surface area contributed by atoms with Crippen LogP contribution < -0.4 is 15.4 Å². The van der Waals surface area contributed by atoms with E-state index in [1.165, 1.54) is 6.07 Å². The number of aromatic nitrogens is 1. The Labute approximate surface area is 172 Å². The second kappa shape index (κ2) is 7.37. The summed E-state index contributed by atoms with van der Waals surface area (Å²) in [7, 11) is 0. The third kappa shape index (κ3) is 3.68. The molecular weight excluding hydrogens is 389 g/mol. The lowest BCUT2D eigenvalue weighted by atomic mass is 9.96. The van der Waals surface area contributed by atoms with Crippen LogP contribution in [0.3, 0.4) is 0 Å². The van der Waals surface area contributed by atoms with Gasteiger partial charge in [0, 0.05) is 22.8 Å². The summed E-state index contributed by atoms with van der Waals surface area (Å²) in [6.07, 6.45) is 1.19. The summed E-state index contributed by atoms with van der Waals surface area (Å²) >= 11 is 0. The molecule has 0 saturated heterocycles. The van der Waals surface area contributed by atoms with Crippen molar-refractivity contribution in [3.63, 3.8) is 0 Å². The molecule has 0 saturated carbocycles. The van der Waals surface area contributed by atoms with E-state index in [1.54, 1.807) is 39.1 Å². The van der Waals surface area contributed by atoms with Gasteiger partial charge >= 0.3 is 6.09 Å². The van der Waals surface area contributed by atoms with E-state index in [-0.39, 0.29) is 24.4 Å². The molecule has 0 spiro atoms. The van der Waals surface area contributed by atoms with Gasteiger partial charge in [0.25, 0.3) is 5.91 Å². The zero-order chi connectivity index (χ0) is 21.5. The molecule has 156 valence electrons. The standard InChI is InChI=1S/C22H22FN3O4/c1-22(2,3)30-21(28)25-9-10-29-16-11-12(14-5-4-8-24-14)17-19-15(26-20(17)27)7-6-13(23)18(16)19/h4-8,11,24H,9-10H2,1-3H3,(H,25,28)(H,26,27).